The molecule has 3 aliphatic heterocycles. The number of fused-ring (bicyclic) bond motifs is 1. The van der Waals surface area contributed by atoms with Gasteiger partial charge in [0.25, 0.3) is 5.91 Å². The molecular formula is C31H44N6O4. The van der Waals surface area contributed by atoms with Crippen LogP contribution in [0.15, 0.2) is 47.3 Å². The average molecular weight is 565 g/mol. The molecule has 4 rings (SSSR count). The summed E-state index contributed by atoms with van der Waals surface area (Å²) in [4.78, 5) is 33.6. The highest BCUT2D eigenvalue weighted by molar-refractivity contribution is 6.07. The Kier molecular flexibility index (Phi) is 11.8. The summed E-state index contributed by atoms with van der Waals surface area (Å²) in [5.74, 6) is 0.482. The molecule has 2 saturated heterocycles. The van der Waals surface area contributed by atoms with E-state index in [0.29, 0.717) is 69.5 Å². The number of carbonyl (C=O) groups is 2. The second-order valence-corrected chi connectivity index (χ2v) is 10.1. The van der Waals surface area contributed by atoms with Crippen molar-refractivity contribution in [3.05, 3.63) is 64.2 Å². The molecule has 0 radical (unpaired) electrons. The predicted molar refractivity (Wildman–Crippen MR) is 160 cm³/mol. The van der Waals surface area contributed by atoms with Crippen LogP contribution in [0.4, 0.5) is 4.79 Å². The average Bonchev–Trinajstić information content (AvgIpc) is 3.67. The van der Waals surface area contributed by atoms with Gasteiger partial charge in [0.15, 0.2) is 0 Å². The summed E-state index contributed by atoms with van der Waals surface area (Å²) in [5, 5.41) is 19.4. The van der Waals surface area contributed by atoms with Crippen LogP contribution in [0.5, 0.6) is 0 Å². The number of nitrogens with one attached hydrogen (secondary N) is 3. The van der Waals surface area contributed by atoms with Crippen LogP contribution in [0.2, 0.25) is 0 Å². The Hall–Kier alpha value is -3.79. The first-order chi connectivity index (χ1) is 19.8. The van der Waals surface area contributed by atoms with Crippen molar-refractivity contribution in [2.75, 3.05) is 26.3 Å². The van der Waals surface area contributed by atoms with Crippen molar-refractivity contribution in [1.82, 2.24) is 20.1 Å². The van der Waals surface area contributed by atoms with E-state index < -0.39 is 0 Å². The van der Waals surface area contributed by atoms with Gasteiger partial charge in [-0.1, -0.05) is 32.9 Å². The molecule has 4 heterocycles. The summed E-state index contributed by atoms with van der Waals surface area (Å²) in [6.07, 6.45) is 10.4. The highest BCUT2D eigenvalue weighted by Gasteiger charge is 2.27. The maximum absolute atomic E-state index is 13.2. The Morgan fingerprint density at radius 2 is 2.00 bits per heavy atom. The molecule has 1 unspecified atom stereocenters. The van der Waals surface area contributed by atoms with Gasteiger partial charge >= 0.3 is 6.09 Å². The van der Waals surface area contributed by atoms with Crippen LogP contribution in [-0.4, -0.2) is 70.9 Å². The van der Waals surface area contributed by atoms with Gasteiger partial charge in [-0.05, 0) is 67.5 Å². The lowest BCUT2D eigenvalue weighted by atomic mass is 10.0. The Balaban J connectivity index is 0.00000226. The minimum absolute atomic E-state index is 0.198. The molecule has 1 atom stereocenters. The molecule has 41 heavy (non-hydrogen) atoms. The summed E-state index contributed by atoms with van der Waals surface area (Å²) in [5.41, 5.74) is 4.62. The largest absolute Gasteiger partial charge is 0.444 e. The zero-order chi connectivity index (χ0) is 29.9. The Morgan fingerprint density at radius 1 is 1.22 bits per heavy atom. The molecule has 1 aromatic heterocycles. The molecular weight excluding hydrogens is 520 g/mol. The normalized spacial score (nSPS) is 19.4. The number of hydrogen-bond acceptors (Lipinski definition) is 7. The van der Waals surface area contributed by atoms with E-state index in [1.54, 1.807) is 22.1 Å². The molecule has 0 aliphatic carbocycles. The van der Waals surface area contributed by atoms with E-state index in [9.17, 15) is 9.59 Å². The Morgan fingerprint density at radius 3 is 2.66 bits per heavy atom. The van der Waals surface area contributed by atoms with Gasteiger partial charge in [0.05, 0.1) is 13.2 Å². The molecule has 3 aliphatic rings. The zero-order valence-electron chi connectivity index (χ0n) is 25.0. The number of aromatic nitrogens is 1. The van der Waals surface area contributed by atoms with Gasteiger partial charge in [0.2, 0.25) is 0 Å². The number of rotatable bonds is 7. The molecule has 10 heteroatoms. The van der Waals surface area contributed by atoms with E-state index in [4.69, 9.17) is 20.3 Å². The minimum atomic E-state index is -0.356. The van der Waals surface area contributed by atoms with Crippen LogP contribution in [-0.2, 0) is 22.4 Å². The number of allylic oxidation sites excluding steroid dienone is 4. The molecule has 2 fully saturated rings. The van der Waals surface area contributed by atoms with Gasteiger partial charge in [0, 0.05) is 44.4 Å². The van der Waals surface area contributed by atoms with Gasteiger partial charge in [-0.25, -0.2) is 4.79 Å². The lowest BCUT2D eigenvalue weighted by molar-refractivity contribution is 0.0516. The smallest absolute Gasteiger partial charge is 0.410 e. The van der Waals surface area contributed by atoms with Crippen LogP contribution >= 0.6 is 0 Å². The van der Waals surface area contributed by atoms with Crippen molar-refractivity contribution < 1.29 is 19.1 Å². The molecule has 1 aromatic rings. The maximum atomic E-state index is 13.2. The van der Waals surface area contributed by atoms with E-state index in [-0.39, 0.29) is 23.8 Å². The van der Waals surface area contributed by atoms with Gasteiger partial charge in [-0.3, -0.25) is 20.6 Å². The summed E-state index contributed by atoms with van der Waals surface area (Å²) in [6, 6.07) is 1.75. The number of hydrogen-bond donors (Lipinski definition) is 3. The number of pyridine rings is 1. The van der Waals surface area contributed by atoms with Crippen molar-refractivity contribution in [2.24, 2.45) is 0 Å². The molecule has 10 nitrogen and oxygen atoms in total. The summed E-state index contributed by atoms with van der Waals surface area (Å²) in [7, 11) is 0. The number of likely N-dealkylation sites (tertiary alicyclic amines) is 1. The summed E-state index contributed by atoms with van der Waals surface area (Å²) >= 11 is 0. The summed E-state index contributed by atoms with van der Waals surface area (Å²) in [6.45, 7) is 12.5. The quantitative estimate of drug-likeness (QED) is 0.232. The maximum Gasteiger partial charge on any atom is 0.410 e. The monoisotopic (exact) mass is 564 g/mol. The van der Waals surface area contributed by atoms with Crippen LogP contribution in [0.1, 0.15) is 81.9 Å². The molecule has 3 N–H and O–H groups in total. The lowest BCUT2D eigenvalue weighted by Gasteiger charge is -2.29. The fraction of sp³-hybridized carbons (Fsp3) is 0.516. The Bertz CT molecular complexity index is 1230. The van der Waals surface area contributed by atoms with Crippen molar-refractivity contribution in [2.45, 2.75) is 79.4 Å². The third-order valence-corrected chi connectivity index (χ3v) is 7.35. The van der Waals surface area contributed by atoms with E-state index >= 15 is 0 Å². The third kappa shape index (κ3) is 8.36. The molecule has 0 aromatic carbocycles. The van der Waals surface area contributed by atoms with Crippen molar-refractivity contribution >= 4 is 23.7 Å². The second-order valence-electron chi connectivity index (χ2n) is 10.1. The SMILES string of the molecule is CC.CC/C(C)=C(/C=C\C=C(/C)C(=N)N1CCCC1=N)NC(=O)c1cc2c(cn1)CCN(C(=O)OC1CCOC1)C2. The lowest BCUT2D eigenvalue weighted by Crippen LogP contribution is -2.38. The molecule has 2 amide bonds. The number of nitrogens with zero attached hydrogens (tertiary/aromatic N) is 3. The number of ether oxygens (including phenoxy) is 2. The van der Waals surface area contributed by atoms with Crippen LogP contribution in [0.25, 0.3) is 0 Å². The summed E-state index contributed by atoms with van der Waals surface area (Å²) < 4.78 is 10.9. The molecule has 0 spiro atoms. The van der Waals surface area contributed by atoms with Gasteiger partial charge in [0.1, 0.15) is 23.5 Å². The zero-order valence-corrected chi connectivity index (χ0v) is 25.0. The first-order valence-corrected chi connectivity index (χ1v) is 14.6. The molecule has 0 saturated carbocycles. The minimum Gasteiger partial charge on any atom is -0.444 e. The van der Waals surface area contributed by atoms with E-state index in [2.05, 4.69) is 10.3 Å². The van der Waals surface area contributed by atoms with Crippen LogP contribution < -0.4 is 5.32 Å². The number of carbonyl (C=O) groups excluding carboxylic acids is 2. The van der Waals surface area contributed by atoms with E-state index in [0.717, 1.165) is 35.1 Å². The second kappa shape index (κ2) is 15.3. The fourth-order valence-electron chi connectivity index (χ4n) is 4.71. The number of amides is 2. The van der Waals surface area contributed by atoms with Crippen molar-refractivity contribution in [3.63, 3.8) is 0 Å². The van der Waals surface area contributed by atoms with Gasteiger partial charge in [-0.2, -0.15) is 0 Å². The van der Waals surface area contributed by atoms with Gasteiger partial charge in [-0.15, -0.1) is 0 Å². The third-order valence-electron chi connectivity index (χ3n) is 7.35. The highest BCUT2D eigenvalue weighted by Crippen LogP contribution is 2.21. The van der Waals surface area contributed by atoms with Crippen molar-refractivity contribution in [1.29, 1.82) is 10.8 Å². The van der Waals surface area contributed by atoms with E-state index in [1.807, 2.05) is 52.8 Å². The van der Waals surface area contributed by atoms with E-state index in [1.165, 1.54) is 0 Å². The fourth-order valence-corrected chi connectivity index (χ4v) is 4.71. The van der Waals surface area contributed by atoms with Gasteiger partial charge < -0.3 is 24.6 Å². The number of amidine groups is 2. The highest BCUT2D eigenvalue weighted by atomic mass is 16.6. The first kappa shape index (κ1) is 31.7. The van der Waals surface area contributed by atoms with Crippen LogP contribution in [0.3, 0.4) is 0 Å². The first-order valence-electron chi connectivity index (χ1n) is 14.6. The standard InChI is InChI=1S/C29H38N6O4.C2H6/c1-4-19(2)24(8-5-7-20(3)27(31)35-12-6-9-26(35)30)33-28(36)25-15-22-17-34(13-10-21(22)16-32-25)29(37)39-23-11-14-38-18-23;1-2/h5,7-8,15-16,23,30-31H,4,6,9-14,17-18H2,1-3H3,(H,33,36);1-2H3/b8-5-,20-7+,24-19-,30-26?,31-27?;. The topological polar surface area (TPSA) is 132 Å². The van der Waals surface area contributed by atoms with Crippen molar-refractivity contribution in [3.8, 4) is 0 Å². The molecule has 222 valence electrons. The van der Waals surface area contributed by atoms with Crippen LogP contribution in [0, 0.1) is 10.8 Å². The predicted octanol–water partition coefficient (Wildman–Crippen LogP) is 5.36. The molecule has 0 bridgehead atoms. The Labute approximate surface area is 243 Å².